The van der Waals surface area contributed by atoms with Gasteiger partial charge < -0.3 is 14.8 Å². The topological polar surface area (TPSA) is 98.2 Å². The third kappa shape index (κ3) is 4.89. The number of benzene rings is 1. The van der Waals surface area contributed by atoms with Crippen molar-refractivity contribution in [2.24, 2.45) is 0 Å². The van der Waals surface area contributed by atoms with Crippen LogP contribution < -0.4 is 15.7 Å². The SMILES string of the molecule is CCOc1ccc(NC(=O)CSc2n[nH]c(=O)n2C[C@@H]2CCCO2)cc1. The zero-order chi connectivity index (χ0) is 18.4. The Balaban J connectivity index is 1.53. The van der Waals surface area contributed by atoms with Crippen molar-refractivity contribution in [1.82, 2.24) is 14.8 Å². The molecule has 9 heteroatoms. The van der Waals surface area contributed by atoms with Crippen LogP contribution in [0.25, 0.3) is 0 Å². The van der Waals surface area contributed by atoms with Crippen LogP contribution in [-0.2, 0) is 16.1 Å². The van der Waals surface area contributed by atoms with Crippen molar-refractivity contribution < 1.29 is 14.3 Å². The molecule has 3 rings (SSSR count). The minimum atomic E-state index is -0.282. The van der Waals surface area contributed by atoms with Crippen molar-refractivity contribution in [3.05, 3.63) is 34.7 Å². The summed E-state index contributed by atoms with van der Waals surface area (Å²) in [6, 6.07) is 7.18. The van der Waals surface area contributed by atoms with Crippen LogP contribution in [0, 0.1) is 0 Å². The molecule has 1 amide bonds. The lowest BCUT2D eigenvalue weighted by molar-refractivity contribution is -0.113. The van der Waals surface area contributed by atoms with Crippen LogP contribution in [0.2, 0.25) is 0 Å². The Morgan fingerprint density at radius 2 is 2.27 bits per heavy atom. The summed E-state index contributed by atoms with van der Waals surface area (Å²) in [5, 5.41) is 9.75. The molecule has 2 N–H and O–H groups in total. The van der Waals surface area contributed by atoms with Crippen LogP contribution in [0.4, 0.5) is 5.69 Å². The van der Waals surface area contributed by atoms with Gasteiger partial charge in [0.25, 0.3) is 0 Å². The molecule has 2 aromatic rings. The van der Waals surface area contributed by atoms with Crippen molar-refractivity contribution in [2.75, 3.05) is 24.3 Å². The van der Waals surface area contributed by atoms with Gasteiger partial charge >= 0.3 is 5.69 Å². The van der Waals surface area contributed by atoms with Crippen LogP contribution in [0.15, 0.2) is 34.2 Å². The van der Waals surface area contributed by atoms with E-state index in [4.69, 9.17) is 9.47 Å². The normalized spacial score (nSPS) is 16.6. The summed E-state index contributed by atoms with van der Waals surface area (Å²) in [4.78, 5) is 24.1. The van der Waals surface area contributed by atoms with E-state index >= 15 is 0 Å². The Kier molecular flexibility index (Phi) is 6.35. The maximum absolute atomic E-state index is 12.1. The summed E-state index contributed by atoms with van der Waals surface area (Å²) in [6.45, 7) is 3.70. The quantitative estimate of drug-likeness (QED) is 0.681. The summed E-state index contributed by atoms with van der Waals surface area (Å²) in [5.74, 6) is 0.746. The number of carbonyl (C=O) groups is 1. The largest absolute Gasteiger partial charge is 0.494 e. The molecule has 1 atom stereocenters. The highest BCUT2D eigenvalue weighted by Crippen LogP contribution is 2.19. The summed E-state index contributed by atoms with van der Waals surface area (Å²) in [6.07, 6.45) is 1.96. The number of carbonyl (C=O) groups excluding carboxylic acids is 1. The molecule has 0 aliphatic carbocycles. The molecule has 1 fully saturated rings. The molecule has 1 aliphatic heterocycles. The highest BCUT2D eigenvalue weighted by Gasteiger charge is 2.20. The molecule has 0 spiro atoms. The van der Waals surface area contributed by atoms with E-state index in [0.29, 0.717) is 24.0 Å². The maximum Gasteiger partial charge on any atom is 0.344 e. The van der Waals surface area contributed by atoms with Gasteiger partial charge in [0, 0.05) is 12.3 Å². The van der Waals surface area contributed by atoms with Crippen LogP contribution >= 0.6 is 11.8 Å². The molecule has 1 aromatic carbocycles. The zero-order valence-electron chi connectivity index (χ0n) is 14.6. The summed E-state index contributed by atoms with van der Waals surface area (Å²) >= 11 is 1.22. The third-order valence-electron chi connectivity index (χ3n) is 3.91. The van der Waals surface area contributed by atoms with Gasteiger partial charge in [-0.1, -0.05) is 11.8 Å². The summed E-state index contributed by atoms with van der Waals surface area (Å²) < 4.78 is 12.5. The molecule has 0 saturated carbocycles. The van der Waals surface area contributed by atoms with Gasteiger partial charge in [0.05, 0.1) is 25.0 Å². The lowest BCUT2D eigenvalue weighted by Gasteiger charge is -2.11. The maximum atomic E-state index is 12.1. The lowest BCUT2D eigenvalue weighted by atomic mass is 10.2. The number of aromatic amines is 1. The number of aromatic nitrogens is 3. The van der Waals surface area contributed by atoms with Crippen LogP contribution in [-0.4, -0.2) is 45.7 Å². The monoisotopic (exact) mass is 378 g/mol. The van der Waals surface area contributed by atoms with Crippen LogP contribution in [0.3, 0.4) is 0 Å². The highest BCUT2D eigenvalue weighted by atomic mass is 32.2. The van der Waals surface area contributed by atoms with Crippen molar-refractivity contribution in [2.45, 2.75) is 37.6 Å². The first-order valence-electron chi connectivity index (χ1n) is 8.58. The second-order valence-electron chi connectivity index (χ2n) is 5.85. The van der Waals surface area contributed by atoms with Gasteiger partial charge in [0.2, 0.25) is 5.91 Å². The predicted octanol–water partition coefficient (Wildman–Crippen LogP) is 1.88. The van der Waals surface area contributed by atoms with Crippen molar-refractivity contribution in [3.8, 4) is 5.75 Å². The molecular weight excluding hydrogens is 356 g/mol. The van der Waals surface area contributed by atoms with E-state index in [-0.39, 0.29) is 23.5 Å². The second-order valence-corrected chi connectivity index (χ2v) is 6.79. The van der Waals surface area contributed by atoms with E-state index in [1.54, 1.807) is 24.3 Å². The Labute approximate surface area is 155 Å². The molecule has 2 heterocycles. The average Bonchev–Trinajstić information content (AvgIpc) is 3.27. The average molecular weight is 378 g/mol. The number of thioether (sulfide) groups is 1. The van der Waals surface area contributed by atoms with Crippen molar-refractivity contribution >= 4 is 23.4 Å². The first-order valence-corrected chi connectivity index (χ1v) is 9.56. The number of nitrogens with one attached hydrogen (secondary N) is 2. The van der Waals surface area contributed by atoms with Crippen molar-refractivity contribution in [3.63, 3.8) is 0 Å². The number of hydrogen-bond donors (Lipinski definition) is 2. The molecule has 1 saturated heterocycles. The summed E-state index contributed by atoms with van der Waals surface area (Å²) in [5.41, 5.74) is 0.410. The summed E-state index contributed by atoms with van der Waals surface area (Å²) in [7, 11) is 0. The van der Waals surface area contributed by atoms with E-state index in [1.165, 1.54) is 16.3 Å². The van der Waals surface area contributed by atoms with Gasteiger partial charge in [-0.3, -0.25) is 9.36 Å². The number of rotatable bonds is 8. The molecule has 1 aromatic heterocycles. The molecule has 0 unspecified atom stereocenters. The van der Waals surface area contributed by atoms with Gasteiger partial charge in [-0.25, -0.2) is 9.89 Å². The smallest absolute Gasteiger partial charge is 0.344 e. The minimum absolute atomic E-state index is 0.0299. The number of H-pyrrole nitrogens is 1. The van der Waals surface area contributed by atoms with Crippen LogP contribution in [0.1, 0.15) is 19.8 Å². The molecule has 0 bridgehead atoms. The number of nitrogens with zero attached hydrogens (tertiary/aromatic N) is 2. The first kappa shape index (κ1) is 18.5. The van der Waals surface area contributed by atoms with Gasteiger partial charge in [-0.05, 0) is 44.0 Å². The lowest BCUT2D eigenvalue weighted by Crippen LogP contribution is -2.25. The second kappa shape index (κ2) is 8.91. The predicted molar refractivity (Wildman–Crippen MR) is 98.8 cm³/mol. The molecule has 26 heavy (non-hydrogen) atoms. The molecule has 8 nitrogen and oxygen atoms in total. The Morgan fingerprint density at radius 1 is 1.46 bits per heavy atom. The number of amides is 1. The standard InChI is InChI=1S/C17H22N4O4S/c1-2-24-13-7-5-12(6-8-13)18-15(22)11-26-17-20-19-16(23)21(17)10-14-4-3-9-25-14/h5-8,14H,2-4,9-11H2,1H3,(H,18,22)(H,19,23)/t14-/m0/s1. The van der Waals surface area contributed by atoms with E-state index in [9.17, 15) is 9.59 Å². The first-order chi connectivity index (χ1) is 12.7. The molecule has 1 aliphatic rings. The Morgan fingerprint density at radius 3 is 2.96 bits per heavy atom. The van der Waals surface area contributed by atoms with E-state index in [2.05, 4.69) is 15.5 Å². The van der Waals surface area contributed by atoms with Gasteiger partial charge in [0.15, 0.2) is 5.16 Å². The highest BCUT2D eigenvalue weighted by molar-refractivity contribution is 7.99. The fourth-order valence-electron chi connectivity index (χ4n) is 2.69. The molecule has 0 radical (unpaired) electrons. The molecular formula is C17H22N4O4S. The minimum Gasteiger partial charge on any atom is -0.494 e. The van der Waals surface area contributed by atoms with E-state index in [0.717, 1.165) is 25.2 Å². The number of anilines is 1. The Bertz CT molecular complexity index is 781. The van der Waals surface area contributed by atoms with Crippen molar-refractivity contribution in [1.29, 1.82) is 0 Å². The van der Waals surface area contributed by atoms with Crippen LogP contribution in [0.5, 0.6) is 5.75 Å². The van der Waals surface area contributed by atoms with E-state index in [1.807, 2.05) is 6.92 Å². The zero-order valence-corrected chi connectivity index (χ0v) is 15.4. The van der Waals surface area contributed by atoms with Gasteiger partial charge in [0.1, 0.15) is 5.75 Å². The molecule has 140 valence electrons. The third-order valence-corrected chi connectivity index (χ3v) is 4.89. The number of ether oxygens (including phenoxy) is 2. The fourth-order valence-corrected chi connectivity index (χ4v) is 3.45. The van der Waals surface area contributed by atoms with Gasteiger partial charge in [-0.15, -0.1) is 5.10 Å². The van der Waals surface area contributed by atoms with E-state index < -0.39 is 0 Å². The Hall–Kier alpha value is -2.26. The number of hydrogen-bond acceptors (Lipinski definition) is 6. The fraction of sp³-hybridized carbons (Fsp3) is 0.471. The van der Waals surface area contributed by atoms with Gasteiger partial charge in [-0.2, -0.15) is 0 Å².